The van der Waals surface area contributed by atoms with Crippen molar-refractivity contribution in [1.29, 1.82) is 0 Å². The molecular weight excluding hydrogens is 262 g/mol. The van der Waals surface area contributed by atoms with Crippen molar-refractivity contribution in [3.63, 3.8) is 0 Å². The molecule has 0 atom stereocenters. The third kappa shape index (κ3) is 3.73. The molecule has 0 spiro atoms. The van der Waals surface area contributed by atoms with Crippen LogP contribution in [0.5, 0.6) is 5.75 Å². The van der Waals surface area contributed by atoms with E-state index in [0.717, 1.165) is 30.7 Å². The van der Waals surface area contributed by atoms with Gasteiger partial charge >= 0.3 is 0 Å². The summed E-state index contributed by atoms with van der Waals surface area (Å²) in [6.07, 6.45) is 6.36. The molecule has 108 valence electrons. The van der Waals surface area contributed by atoms with Crippen LogP contribution in [0.1, 0.15) is 45.4 Å². The summed E-state index contributed by atoms with van der Waals surface area (Å²) >= 11 is 1.29. The minimum Gasteiger partial charge on any atom is -0.487 e. The number of hydrogen-bond donors (Lipinski definition) is 3. The molecule has 19 heavy (non-hydrogen) atoms. The second-order valence-electron chi connectivity index (χ2n) is 5.15. The summed E-state index contributed by atoms with van der Waals surface area (Å²) in [6, 6.07) is 0. The van der Waals surface area contributed by atoms with E-state index in [0.29, 0.717) is 24.7 Å². The Morgan fingerprint density at radius 2 is 2.05 bits per heavy atom. The van der Waals surface area contributed by atoms with Crippen LogP contribution < -0.4 is 15.8 Å². The average Bonchev–Trinajstić information content (AvgIpc) is 2.61. The van der Waals surface area contributed by atoms with Gasteiger partial charge in [0.25, 0.3) is 0 Å². The zero-order valence-corrected chi connectivity index (χ0v) is 12.3. The topological polar surface area (TPSA) is 80.4 Å². The van der Waals surface area contributed by atoms with Crippen LogP contribution in [-0.2, 0) is 0 Å². The SMILES string of the molecule is CCOc1c(N)nsc1NCC1(O)CCCCCC1. The summed E-state index contributed by atoms with van der Waals surface area (Å²) in [5.41, 5.74) is 5.15. The Balaban J connectivity index is 1.97. The molecule has 0 unspecified atom stereocenters. The molecule has 1 aliphatic carbocycles. The summed E-state index contributed by atoms with van der Waals surface area (Å²) in [6.45, 7) is 3.01. The van der Waals surface area contributed by atoms with Crippen molar-refractivity contribution in [1.82, 2.24) is 4.37 Å². The molecule has 1 aromatic heterocycles. The summed E-state index contributed by atoms with van der Waals surface area (Å²) < 4.78 is 9.57. The molecule has 0 amide bonds. The quantitative estimate of drug-likeness (QED) is 0.725. The maximum absolute atomic E-state index is 10.6. The lowest BCUT2D eigenvalue weighted by molar-refractivity contribution is 0.0381. The standard InChI is InChI=1S/C13H23N3O2S/c1-2-18-10-11(14)16-19-12(10)15-9-13(17)7-5-3-4-6-8-13/h15,17H,2-9H2,1H3,(H2,14,16). The lowest BCUT2D eigenvalue weighted by atomic mass is 9.94. The average molecular weight is 285 g/mol. The van der Waals surface area contributed by atoms with E-state index < -0.39 is 5.60 Å². The molecule has 1 saturated carbocycles. The van der Waals surface area contributed by atoms with Crippen molar-refractivity contribution in [3.05, 3.63) is 0 Å². The minimum atomic E-state index is -0.612. The van der Waals surface area contributed by atoms with Gasteiger partial charge in [0.15, 0.2) is 16.6 Å². The number of ether oxygens (including phenoxy) is 1. The third-order valence-electron chi connectivity index (χ3n) is 3.58. The van der Waals surface area contributed by atoms with Crippen molar-refractivity contribution < 1.29 is 9.84 Å². The van der Waals surface area contributed by atoms with E-state index in [-0.39, 0.29) is 0 Å². The first-order valence-electron chi connectivity index (χ1n) is 6.99. The fraction of sp³-hybridized carbons (Fsp3) is 0.769. The summed E-state index contributed by atoms with van der Waals surface area (Å²) in [5, 5.41) is 14.7. The highest BCUT2D eigenvalue weighted by molar-refractivity contribution is 7.11. The fourth-order valence-electron chi connectivity index (χ4n) is 2.50. The van der Waals surface area contributed by atoms with Crippen molar-refractivity contribution in [2.75, 3.05) is 24.2 Å². The lowest BCUT2D eigenvalue weighted by Gasteiger charge is -2.27. The Labute approximate surface area is 118 Å². The van der Waals surface area contributed by atoms with Crippen molar-refractivity contribution >= 4 is 22.4 Å². The fourth-order valence-corrected chi connectivity index (χ4v) is 3.15. The summed E-state index contributed by atoms with van der Waals surface area (Å²) in [5.74, 6) is 1.03. The zero-order valence-electron chi connectivity index (χ0n) is 11.4. The highest BCUT2D eigenvalue weighted by Gasteiger charge is 2.28. The van der Waals surface area contributed by atoms with Crippen LogP contribution in [0.2, 0.25) is 0 Å². The number of anilines is 2. The molecule has 4 N–H and O–H groups in total. The lowest BCUT2D eigenvalue weighted by Crippen LogP contribution is -2.36. The number of rotatable bonds is 5. The van der Waals surface area contributed by atoms with E-state index in [4.69, 9.17) is 10.5 Å². The molecule has 1 aliphatic rings. The smallest absolute Gasteiger partial charge is 0.197 e. The van der Waals surface area contributed by atoms with Crippen LogP contribution in [0.15, 0.2) is 0 Å². The third-order valence-corrected chi connectivity index (χ3v) is 4.38. The van der Waals surface area contributed by atoms with Gasteiger partial charge < -0.3 is 20.9 Å². The van der Waals surface area contributed by atoms with E-state index in [1.54, 1.807) is 0 Å². The normalized spacial score (nSPS) is 18.8. The van der Waals surface area contributed by atoms with Crippen LogP contribution in [0.3, 0.4) is 0 Å². The highest BCUT2D eigenvalue weighted by atomic mass is 32.1. The number of nitrogen functional groups attached to an aromatic ring is 1. The van der Waals surface area contributed by atoms with Gasteiger partial charge in [-0.25, -0.2) is 0 Å². The number of aromatic nitrogens is 1. The first-order valence-corrected chi connectivity index (χ1v) is 7.76. The van der Waals surface area contributed by atoms with Gasteiger partial charge in [-0.05, 0) is 31.3 Å². The van der Waals surface area contributed by atoms with Gasteiger partial charge in [0.2, 0.25) is 0 Å². The largest absolute Gasteiger partial charge is 0.487 e. The Kier molecular flexibility index (Phi) is 4.87. The molecule has 0 radical (unpaired) electrons. The van der Waals surface area contributed by atoms with E-state index in [2.05, 4.69) is 9.69 Å². The Morgan fingerprint density at radius 1 is 1.37 bits per heavy atom. The van der Waals surface area contributed by atoms with Crippen molar-refractivity contribution in [3.8, 4) is 5.75 Å². The molecule has 5 nitrogen and oxygen atoms in total. The molecule has 1 heterocycles. The summed E-state index contributed by atoms with van der Waals surface area (Å²) in [7, 11) is 0. The van der Waals surface area contributed by atoms with Crippen molar-refractivity contribution in [2.24, 2.45) is 0 Å². The molecule has 0 bridgehead atoms. The van der Waals surface area contributed by atoms with Gasteiger partial charge in [-0.1, -0.05) is 25.7 Å². The van der Waals surface area contributed by atoms with Crippen LogP contribution in [-0.4, -0.2) is 28.2 Å². The number of aliphatic hydroxyl groups is 1. The predicted octanol–water partition coefficient (Wildman–Crippen LogP) is 2.62. The Bertz CT molecular complexity index is 401. The van der Waals surface area contributed by atoms with Crippen LogP contribution in [0, 0.1) is 0 Å². The number of nitrogens with zero attached hydrogens (tertiary/aromatic N) is 1. The van der Waals surface area contributed by atoms with E-state index in [9.17, 15) is 5.11 Å². The van der Waals surface area contributed by atoms with Gasteiger partial charge in [0.1, 0.15) is 0 Å². The summed E-state index contributed by atoms with van der Waals surface area (Å²) in [4.78, 5) is 0. The molecule has 0 aromatic carbocycles. The van der Waals surface area contributed by atoms with E-state index in [1.807, 2.05) is 6.92 Å². The monoisotopic (exact) mass is 285 g/mol. The van der Waals surface area contributed by atoms with Gasteiger partial charge in [0, 0.05) is 6.54 Å². The van der Waals surface area contributed by atoms with E-state index >= 15 is 0 Å². The second kappa shape index (κ2) is 6.43. The molecule has 6 heteroatoms. The van der Waals surface area contributed by atoms with Gasteiger partial charge in [-0.3, -0.25) is 0 Å². The van der Waals surface area contributed by atoms with Crippen LogP contribution in [0.25, 0.3) is 0 Å². The molecule has 0 aliphatic heterocycles. The Hall–Kier alpha value is -1.01. The zero-order chi connectivity index (χ0) is 13.7. The number of hydrogen-bond acceptors (Lipinski definition) is 6. The number of nitrogens with one attached hydrogen (secondary N) is 1. The molecule has 0 saturated heterocycles. The first-order chi connectivity index (χ1) is 9.14. The molecule has 1 aromatic rings. The Morgan fingerprint density at radius 3 is 2.68 bits per heavy atom. The highest BCUT2D eigenvalue weighted by Crippen LogP contribution is 2.36. The number of nitrogens with two attached hydrogens (primary N) is 1. The van der Waals surface area contributed by atoms with Crippen molar-refractivity contribution in [2.45, 2.75) is 51.0 Å². The van der Waals surface area contributed by atoms with Crippen LogP contribution >= 0.6 is 11.5 Å². The van der Waals surface area contributed by atoms with Gasteiger partial charge in [-0.2, -0.15) is 4.37 Å². The van der Waals surface area contributed by atoms with Gasteiger partial charge in [-0.15, -0.1) is 0 Å². The molecule has 2 rings (SSSR count). The maximum atomic E-state index is 10.6. The van der Waals surface area contributed by atoms with E-state index in [1.165, 1.54) is 24.4 Å². The minimum absolute atomic E-state index is 0.419. The molecule has 1 fully saturated rings. The first kappa shape index (κ1) is 14.4. The predicted molar refractivity (Wildman–Crippen MR) is 78.8 cm³/mol. The second-order valence-corrected chi connectivity index (χ2v) is 5.92. The van der Waals surface area contributed by atoms with Crippen LogP contribution in [0.4, 0.5) is 10.8 Å². The molecular formula is C13H23N3O2S. The van der Waals surface area contributed by atoms with Gasteiger partial charge in [0.05, 0.1) is 12.2 Å². The maximum Gasteiger partial charge on any atom is 0.197 e.